The fraction of sp³-hybridized carbons (Fsp3) is 0.111. The quantitative estimate of drug-likeness (QED) is 0.319. The number of nitrogens with two attached hydrogens (primary N) is 1. The molecule has 0 atom stereocenters. The van der Waals surface area contributed by atoms with Gasteiger partial charge in [-0.3, -0.25) is 15.0 Å². The van der Waals surface area contributed by atoms with Crippen molar-refractivity contribution in [2.45, 2.75) is 0 Å². The van der Waals surface area contributed by atoms with E-state index in [0.29, 0.717) is 6.29 Å². The fourth-order valence-electron chi connectivity index (χ4n) is 0.892. The van der Waals surface area contributed by atoms with Crippen LogP contribution in [0.2, 0.25) is 0 Å². The van der Waals surface area contributed by atoms with E-state index < -0.39 is 11.7 Å². The highest BCUT2D eigenvalue weighted by Gasteiger charge is 2.06. The van der Waals surface area contributed by atoms with Gasteiger partial charge in [-0.25, -0.2) is 10.2 Å². The molecule has 0 saturated heterocycles. The topological polar surface area (TPSA) is 81.4 Å². The molecule has 0 heterocycles. The van der Waals surface area contributed by atoms with Crippen LogP contribution in [0.1, 0.15) is 10.4 Å². The summed E-state index contributed by atoms with van der Waals surface area (Å²) in [6.45, 7) is -0.381. The van der Waals surface area contributed by atoms with Crippen molar-refractivity contribution < 1.29 is 18.7 Å². The molecule has 0 saturated carbocycles. The van der Waals surface area contributed by atoms with Gasteiger partial charge in [0.1, 0.15) is 6.29 Å². The fourth-order valence-corrected chi connectivity index (χ4v) is 0.892. The molecule has 0 fully saturated rings. The summed E-state index contributed by atoms with van der Waals surface area (Å²) in [6.07, 6.45) is 0.513. The molecule has 1 aromatic rings. The predicted molar refractivity (Wildman–Crippen MR) is 49.6 cm³/mol. The molecule has 0 radical (unpaired) electrons. The Kier molecular flexibility index (Phi) is 3.75. The Bertz CT molecular complexity index is 382. The molecule has 3 N–H and O–H groups in total. The second-order valence-corrected chi connectivity index (χ2v) is 2.66. The number of carbonyl (C=O) groups excluding carboxylic acids is 2. The number of benzene rings is 1. The summed E-state index contributed by atoms with van der Waals surface area (Å²) in [6, 6.07) is 3.66. The summed E-state index contributed by atoms with van der Waals surface area (Å²) in [4.78, 5) is 21.0. The van der Waals surface area contributed by atoms with E-state index in [1.165, 1.54) is 12.1 Å². The second kappa shape index (κ2) is 5.06. The monoisotopic (exact) mass is 212 g/mol. The predicted octanol–water partition coefficient (Wildman–Crippen LogP) is 0.00690. The molecule has 0 aliphatic rings. The Balaban J connectivity index is 2.70. The normalized spacial score (nSPS) is 9.47. The van der Waals surface area contributed by atoms with Crippen LogP contribution >= 0.6 is 0 Å². The van der Waals surface area contributed by atoms with Gasteiger partial charge in [0.15, 0.2) is 18.2 Å². The van der Waals surface area contributed by atoms with Crippen LogP contribution in [0.15, 0.2) is 18.2 Å². The van der Waals surface area contributed by atoms with Gasteiger partial charge in [0.2, 0.25) is 0 Å². The molecule has 0 unspecified atom stereocenters. The molecule has 0 aliphatic carbocycles. The van der Waals surface area contributed by atoms with Crippen LogP contribution in [-0.2, 0) is 4.79 Å². The lowest BCUT2D eigenvalue weighted by molar-refractivity contribution is -0.123. The standard InChI is InChI=1S/C9H9FN2O3/c10-7-3-6(4-13)1-2-8(7)15-5-9(14)12-11/h1-4H,5,11H2,(H,12,14). The van der Waals surface area contributed by atoms with Crippen molar-refractivity contribution in [2.75, 3.05) is 6.61 Å². The largest absolute Gasteiger partial charge is 0.481 e. The zero-order chi connectivity index (χ0) is 11.3. The van der Waals surface area contributed by atoms with Crippen LogP contribution < -0.4 is 16.0 Å². The zero-order valence-electron chi connectivity index (χ0n) is 7.70. The Morgan fingerprint density at radius 2 is 2.33 bits per heavy atom. The molecule has 0 spiro atoms. The first-order chi connectivity index (χ1) is 7.17. The minimum Gasteiger partial charge on any atom is -0.481 e. The van der Waals surface area contributed by atoms with E-state index in [-0.39, 0.29) is 17.9 Å². The lowest BCUT2D eigenvalue weighted by Gasteiger charge is -2.05. The van der Waals surface area contributed by atoms with Crippen LogP contribution in [0.4, 0.5) is 4.39 Å². The third kappa shape index (κ3) is 3.03. The van der Waals surface area contributed by atoms with Gasteiger partial charge in [-0.1, -0.05) is 0 Å². The molecule has 6 heteroatoms. The number of rotatable bonds is 4. The molecule has 0 aliphatic heterocycles. The molecular formula is C9H9FN2O3. The van der Waals surface area contributed by atoms with Crippen molar-refractivity contribution in [2.24, 2.45) is 5.84 Å². The Morgan fingerprint density at radius 1 is 1.60 bits per heavy atom. The van der Waals surface area contributed by atoms with E-state index in [0.717, 1.165) is 6.07 Å². The minimum absolute atomic E-state index is 0.107. The molecule has 15 heavy (non-hydrogen) atoms. The Labute approximate surface area is 85.0 Å². The second-order valence-electron chi connectivity index (χ2n) is 2.66. The highest BCUT2D eigenvalue weighted by Crippen LogP contribution is 2.17. The third-order valence-corrected chi connectivity index (χ3v) is 1.61. The lowest BCUT2D eigenvalue weighted by atomic mass is 10.2. The number of aldehydes is 1. The van der Waals surface area contributed by atoms with Gasteiger partial charge >= 0.3 is 0 Å². The van der Waals surface area contributed by atoms with Gasteiger partial charge in [0.05, 0.1) is 0 Å². The van der Waals surface area contributed by atoms with Gasteiger partial charge in [0, 0.05) is 5.56 Å². The number of hydrazine groups is 1. The molecule has 1 amide bonds. The molecular weight excluding hydrogens is 203 g/mol. The molecule has 1 rings (SSSR count). The van der Waals surface area contributed by atoms with Crippen LogP contribution in [0, 0.1) is 5.82 Å². The number of ether oxygens (including phenoxy) is 1. The maximum Gasteiger partial charge on any atom is 0.271 e. The maximum atomic E-state index is 13.1. The van der Waals surface area contributed by atoms with E-state index in [1.54, 1.807) is 0 Å². The Morgan fingerprint density at radius 3 is 2.87 bits per heavy atom. The first kappa shape index (κ1) is 11.1. The zero-order valence-corrected chi connectivity index (χ0v) is 7.70. The summed E-state index contributed by atoms with van der Waals surface area (Å²) < 4.78 is 18.0. The average Bonchev–Trinajstić information content (AvgIpc) is 2.26. The van der Waals surface area contributed by atoms with E-state index >= 15 is 0 Å². The number of amides is 1. The number of halogens is 1. The first-order valence-corrected chi connectivity index (χ1v) is 4.04. The molecule has 0 aromatic heterocycles. The smallest absolute Gasteiger partial charge is 0.271 e. The van der Waals surface area contributed by atoms with E-state index in [4.69, 9.17) is 10.6 Å². The van der Waals surface area contributed by atoms with Crippen molar-refractivity contribution in [1.29, 1.82) is 0 Å². The van der Waals surface area contributed by atoms with Crippen molar-refractivity contribution in [3.8, 4) is 5.75 Å². The highest BCUT2D eigenvalue weighted by molar-refractivity contribution is 5.77. The third-order valence-electron chi connectivity index (χ3n) is 1.61. The van der Waals surface area contributed by atoms with E-state index in [9.17, 15) is 14.0 Å². The van der Waals surface area contributed by atoms with Crippen molar-refractivity contribution in [1.82, 2.24) is 5.43 Å². The van der Waals surface area contributed by atoms with Gasteiger partial charge in [0.25, 0.3) is 5.91 Å². The summed E-state index contributed by atoms with van der Waals surface area (Å²) in [5, 5.41) is 0. The van der Waals surface area contributed by atoms with E-state index in [2.05, 4.69) is 0 Å². The number of hydrogen-bond acceptors (Lipinski definition) is 4. The van der Waals surface area contributed by atoms with Crippen LogP contribution in [-0.4, -0.2) is 18.8 Å². The van der Waals surface area contributed by atoms with Gasteiger partial charge in [-0.05, 0) is 18.2 Å². The van der Waals surface area contributed by atoms with Gasteiger partial charge < -0.3 is 4.74 Å². The Hall–Kier alpha value is -1.95. The van der Waals surface area contributed by atoms with Crippen molar-refractivity contribution in [3.05, 3.63) is 29.6 Å². The average molecular weight is 212 g/mol. The first-order valence-electron chi connectivity index (χ1n) is 4.04. The summed E-state index contributed by atoms with van der Waals surface area (Å²) in [5.74, 6) is 3.41. The summed E-state index contributed by atoms with van der Waals surface area (Å²) in [7, 11) is 0. The van der Waals surface area contributed by atoms with Crippen LogP contribution in [0.25, 0.3) is 0 Å². The summed E-state index contributed by atoms with van der Waals surface area (Å²) >= 11 is 0. The number of hydrogen-bond donors (Lipinski definition) is 2. The van der Waals surface area contributed by atoms with Crippen LogP contribution in [0.3, 0.4) is 0 Å². The van der Waals surface area contributed by atoms with Gasteiger partial charge in [-0.2, -0.15) is 0 Å². The SMILES string of the molecule is NNC(=O)COc1ccc(C=O)cc1F. The molecule has 80 valence electrons. The minimum atomic E-state index is -0.704. The molecule has 5 nitrogen and oxygen atoms in total. The number of nitrogens with one attached hydrogen (secondary N) is 1. The number of carbonyl (C=O) groups is 2. The molecule has 0 bridgehead atoms. The van der Waals surface area contributed by atoms with E-state index in [1.807, 2.05) is 5.43 Å². The van der Waals surface area contributed by atoms with Gasteiger partial charge in [-0.15, -0.1) is 0 Å². The van der Waals surface area contributed by atoms with Crippen LogP contribution in [0.5, 0.6) is 5.75 Å². The molecule has 1 aromatic carbocycles. The van der Waals surface area contributed by atoms with Crippen molar-refractivity contribution >= 4 is 12.2 Å². The lowest BCUT2D eigenvalue weighted by Crippen LogP contribution is -2.34. The maximum absolute atomic E-state index is 13.1. The van der Waals surface area contributed by atoms with Crippen molar-refractivity contribution in [3.63, 3.8) is 0 Å². The highest BCUT2D eigenvalue weighted by atomic mass is 19.1. The summed E-state index contributed by atoms with van der Waals surface area (Å²) in [5.41, 5.74) is 2.03.